The highest BCUT2D eigenvalue weighted by Gasteiger charge is 2.23. The van der Waals surface area contributed by atoms with Crippen LogP contribution in [0.1, 0.15) is 22.7 Å². The van der Waals surface area contributed by atoms with Crippen molar-refractivity contribution in [2.45, 2.75) is 6.04 Å². The molecule has 0 aliphatic carbocycles. The van der Waals surface area contributed by atoms with E-state index in [9.17, 15) is 14.9 Å². The van der Waals surface area contributed by atoms with Gasteiger partial charge in [-0.1, -0.05) is 84.1 Å². The average Bonchev–Trinajstić information content (AvgIpc) is 3.15. The first kappa shape index (κ1) is 19.8. The zero-order valence-electron chi connectivity index (χ0n) is 16.8. The third kappa shape index (κ3) is 3.70. The molecule has 1 aliphatic rings. The number of nitrogens with zero attached hydrogens (tertiary/aromatic N) is 3. The highest BCUT2D eigenvalue weighted by molar-refractivity contribution is 7.07. The van der Waals surface area contributed by atoms with Crippen molar-refractivity contribution < 1.29 is 4.92 Å². The number of rotatable bonds is 4. The van der Waals surface area contributed by atoms with Gasteiger partial charge in [-0.25, -0.2) is 4.99 Å². The Kier molecular flexibility index (Phi) is 5.09. The molecule has 3 aromatic carbocycles. The van der Waals surface area contributed by atoms with Crippen molar-refractivity contribution >= 4 is 28.8 Å². The first-order valence-corrected chi connectivity index (χ1v) is 10.8. The smallest absolute Gasteiger partial charge is 0.271 e. The molecular weight excluding hydrogens is 422 g/mol. The number of fused-ring (bicyclic) bond motifs is 1. The molecule has 0 radical (unpaired) electrons. The molecule has 0 saturated heterocycles. The number of nitro benzene ring substituents is 1. The third-order valence-corrected chi connectivity index (χ3v) is 6.22. The van der Waals surface area contributed by atoms with Crippen molar-refractivity contribution in [3.63, 3.8) is 0 Å². The SMILES string of the molecule is O=c1/c(=C\c2ccccc2)sc2n1C(c1cccc([N+](=O)[O-])c1)C=C(c1ccccc1)N=2. The average molecular weight is 439 g/mol. The molecule has 0 saturated carbocycles. The molecule has 0 N–H and O–H groups in total. The predicted octanol–water partition coefficient (Wildman–Crippen LogP) is 3.91. The zero-order chi connectivity index (χ0) is 22.1. The lowest BCUT2D eigenvalue weighted by Crippen LogP contribution is -2.36. The van der Waals surface area contributed by atoms with Gasteiger partial charge in [-0.15, -0.1) is 0 Å². The summed E-state index contributed by atoms with van der Waals surface area (Å²) in [6, 6.07) is 25.2. The molecule has 5 rings (SSSR count). The molecule has 0 bridgehead atoms. The lowest BCUT2D eigenvalue weighted by atomic mass is 10.0. The molecule has 2 heterocycles. The summed E-state index contributed by atoms with van der Waals surface area (Å²) in [7, 11) is 0. The molecule has 1 aliphatic heterocycles. The summed E-state index contributed by atoms with van der Waals surface area (Å²) in [5.74, 6) is 0. The van der Waals surface area contributed by atoms with Crippen molar-refractivity contribution in [3.05, 3.63) is 137 Å². The van der Waals surface area contributed by atoms with E-state index >= 15 is 0 Å². The van der Waals surface area contributed by atoms with Gasteiger partial charge in [0.25, 0.3) is 11.2 Å². The summed E-state index contributed by atoms with van der Waals surface area (Å²) in [6.45, 7) is 0. The fourth-order valence-electron chi connectivity index (χ4n) is 3.71. The van der Waals surface area contributed by atoms with Crippen LogP contribution >= 0.6 is 11.3 Å². The Bertz CT molecular complexity index is 1520. The summed E-state index contributed by atoms with van der Waals surface area (Å²) in [5, 5.41) is 11.3. The van der Waals surface area contributed by atoms with Crippen LogP contribution < -0.4 is 14.9 Å². The van der Waals surface area contributed by atoms with Gasteiger partial charge in [-0.05, 0) is 28.8 Å². The second kappa shape index (κ2) is 8.20. The molecule has 6 nitrogen and oxygen atoms in total. The Morgan fingerprint density at radius 1 is 0.969 bits per heavy atom. The molecule has 0 amide bonds. The van der Waals surface area contributed by atoms with E-state index in [1.807, 2.05) is 72.8 Å². The van der Waals surface area contributed by atoms with Crippen LogP contribution in [0.3, 0.4) is 0 Å². The number of non-ortho nitro benzene ring substituents is 1. The fourth-order valence-corrected chi connectivity index (χ4v) is 4.73. The van der Waals surface area contributed by atoms with Gasteiger partial charge in [0.15, 0.2) is 4.80 Å². The number of hydrogen-bond donors (Lipinski definition) is 0. The van der Waals surface area contributed by atoms with Gasteiger partial charge in [0.05, 0.1) is 21.2 Å². The number of thiazole rings is 1. The van der Waals surface area contributed by atoms with E-state index in [0.29, 0.717) is 14.9 Å². The van der Waals surface area contributed by atoms with Gasteiger partial charge in [-0.3, -0.25) is 19.5 Å². The van der Waals surface area contributed by atoms with Crippen LogP contribution in [-0.2, 0) is 0 Å². The molecule has 1 atom stereocenters. The van der Waals surface area contributed by atoms with Crippen molar-refractivity contribution in [1.29, 1.82) is 0 Å². The molecule has 4 aromatic rings. The first-order chi connectivity index (χ1) is 15.6. The van der Waals surface area contributed by atoms with E-state index in [1.54, 1.807) is 16.7 Å². The Hall–Kier alpha value is -4.10. The van der Waals surface area contributed by atoms with Crippen LogP contribution in [0.25, 0.3) is 11.8 Å². The van der Waals surface area contributed by atoms with Gasteiger partial charge in [0, 0.05) is 12.1 Å². The normalized spacial score (nSPS) is 15.6. The van der Waals surface area contributed by atoms with Gasteiger partial charge in [-0.2, -0.15) is 0 Å². The summed E-state index contributed by atoms with van der Waals surface area (Å²) in [4.78, 5) is 29.6. The quantitative estimate of drug-likeness (QED) is 0.357. The van der Waals surface area contributed by atoms with E-state index in [1.165, 1.54) is 23.5 Å². The van der Waals surface area contributed by atoms with E-state index < -0.39 is 11.0 Å². The first-order valence-electron chi connectivity index (χ1n) is 9.98. The fraction of sp³-hybridized carbons (Fsp3) is 0.0400. The minimum atomic E-state index is -0.501. The molecule has 1 unspecified atom stereocenters. The standard InChI is InChI=1S/C25H17N3O3S/c29-24-23(14-17-8-3-1-4-9-17)32-25-26-21(18-10-5-2-6-11-18)16-22(27(24)25)19-12-7-13-20(15-19)28(30)31/h1-16,22H/b23-14+. The van der Waals surface area contributed by atoms with Gasteiger partial charge in [0.1, 0.15) is 0 Å². The number of benzene rings is 3. The van der Waals surface area contributed by atoms with Crippen molar-refractivity contribution in [2.75, 3.05) is 0 Å². The molecular formula is C25H17N3O3S. The monoisotopic (exact) mass is 439 g/mol. The van der Waals surface area contributed by atoms with Crippen LogP contribution in [0.4, 0.5) is 5.69 Å². The van der Waals surface area contributed by atoms with Gasteiger partial charge < -0.3 is 0 Å². The number of nitro groups is 1. The van der Waals surface area contributed by atoms with Crippen molar-refractivity contribution in [1.82, 2.24) is 4.57 Å². The second-order valence-corrected chi connectivity index (χ2v) is 8.31. The topological polar surface area (TPSA) is 77.5 Å². The third-order valence-electron chi connectivity index (χ3n) is 5.24. The van der Waals surface area contributed by atoms with E-state index in [-0.39, 0.29) is 11.2 Å². The Balaban J connectivity index is 1.75. The number of hydrogen-bond acceptors (Lipinski definition) is 5. The molecule has 156 valence electrons. The lowest BCUT2D eigenvalue weighted by molar-refractivity contribution is -0.384. The molecule has 32 heavy (non-hydrogen) atoms. The zero-order valence-corrected chi connectivity index (χ0v) is 17.6. The molecule has 0 spiro atoms. The molecule has 0 fully saturated rings. The summed E-state index contributed by atoms with van der Waals surface area (Å²) >= 11 is 1.32. The van der Waals surface area contributed by atoms with Crippen LogP contribution in [-0.4, -0.2) is 9.49 Å². The Labute approximate surface area is 186 Å². The highest BCUT2D eigenvalue weighted by Crippen LogP contribution is 2.28. The van der Waals surface area contributed by atoms with E-state index in [2.05, 4.69) is 0 Å². The van der Waals surface area contributed by atoms with Crippen molar-refractivity contribution in [3.8, 4) is 0 Å². The van der Waals surface area contributed by atoms with E-state index in [0.717, 1.165) is 16.8 Å². The van der Waals surface area contributed by atoms with Crippen molar-refractivity contribution in [2.24, 2.45) is 4.99 Å². The van der Waals surface area contributed by atoms with Crippen LogP contribution in [0, 0.1) is 10.1 Å². The van der Waals surface area contributed by atoms with E-state index in [4.69, 9.17) is 4.99 Å². The minimum Gasteiger partial charge on any atom is -0.272 e. The maximum absolute atomic E-state index is 13.4. The van der Waals surface area contributed by atoms with Gasteiger partial charge in [0.2, 0.25) is 0 Å². The minimum absolute atomic E-state index is 0.0134. The summed E-state index contributed by atoms with van der Waals surface area (Å²) in [6.07, 6.45) is 3.74. The van der Waals surface area contributed by atoms with Crippen LogP contribution in [0.15, 0.2) is 101 Å². The maximum atomic E-state index is 13.4. The Morgan fingerprint density at radius 3 is 2.41 bits per heavy atom. The highest BCUT2D eigenvalue weighted by atomic mass is 32.1. The maximum Gasteiger partial charge on any atom is 0.271 e. The van der Waals surface area contributed by atoms with Crippen LogP contribution in [0.5, 0.6) is 0 Å². The molecule has 1 aromatic heterocycles. The largest absolute Gasteiger partial charge is 0.272 e. The predicted molar refractivity (Wildman–Crippen MR) is 125 cm³/mol. The number of aromatic nitrogens is 1. The Morgan fingerprint density at radius 2 is 1.69 bits per heavy atom. The lowest BCUT2D eigenvalue weighted by Gasteiger charge is -2.19. The van der Waals surface area contributed by atoms with Crippen LogP contribution in [0.2, 0.25) is 0 Å². The van der Waals surface area contributed by atoms with Gasteiger partial charge >= 0.3 is 0 Å². The number of allylic oxidation sites excluding steroid dienone is 1. The summed E-state index contributed by atoms with van der Waals surface area (Å²) in [5.41, 5.74) is 3.05. The summed E-state index contributed by atoms with van der Waals surface area (Å²) < 4.78 is 2.18. The second-order valence-electron chi connectivity index (χ2n) is 7.31. The molecule has 7 heteroatoms.